The molecule has 0 spiro atoms. The zero-order valence-corrected chi connectivity index (χ0v) is 18.4. The maximum atomic E-state index is 13.0. The number of benzene rings is 1. The van der Waals surface area contributed by atoms with Crippen molar-refractivity contribution >= 4 is 28.7 Å². The van der Waals surface area contributed by atoms with E-state index >= 15 is 0 Å². The normalized spacial score (nSPS) is 13.8. The highest BCUT2D eigenvalue weighted by Crippen LogP contribution is 2.29. The average Bonchev–Trinajstić information content (AvgIpc) is 2.83. The molecule has 0 unspecified atom stereocenters. The van der Waals surface area contributed by atoms with E-state index in [-0.39, 0.29) is 11.6 Å². The minimum atomic E-state index is -0.238. The van der Waals surface area contributed by atoms with Crippen LogP contribution in [0.3, 0.4) is 0 Å². The number of ether oxygens (including phenoxy) is 2. The summed E-state index contributed by atoms with van der Waals surface area (Å²) in [4.78, 5) is 38.3. The SMILES string of the molecule is CCn1c(=O)c(N2CCN(C(=O)Nc3cc(OC)ccc3OC)CC2)nc2cccnc21. The van der Waals surface area contributed by atoms with Crippen LogP contribution in [0.2, 0.25) is 0 Å². The highest BCUT2D eigenvalue weighted by atomic mass is 16.5. The van der Waals surface area contributed by atoms with Crippen LogP contribution in [0.5, 0.6) is 11.5 Å². The molecule has 10 heteroatoms. The van der Waals surface area contributed by atoms with Gasteiger partial charge in [-0.05, 0) is 31.2 Å². The molecule has 0 aliphatic carbocycles. The van der Waals surface area contributed by atoms with Gasteiger partial charge in [0.15, 0.2) is 11.5 Å². The molecule has 0 saturated carbocycles. The second-order valence-corrected chi connectivity index (χ2v) is 7.30. The first kappa shape index (κ1) is 21.4. The summed E-state index contributed by atoms with van der Waals surface area (Å²) >= 11 is 0. The third-order valence-corrected chi connectivity index (χ3v) is 5.52. The zero-order valence-electron chi connectivity index (χ0n) is 18.4. The van der Waals surface area contributed by atoms with Crippen molar-refractivity contribution in [1.82, 2.24) is 19.4 Å². The number of fused-ring (bicyclic) bond motifs is 1. The van der Waals surface area contributed by atoms with Gasteiger partial charge in [0.1, 0.15) is 17.0 Å². The molecule has 0 atom stereocenters. The standard InChI is InChI=1S/C22H26N6O4/c1-4-28-19-16(6-5-9-23-19)24-20(21(28)29)26-10-12-27(13-11-26)22(30)25-17-14-15(31-2)7-8-18(17)32-3/h5-9,14H,4,10-13H2,1-3H3,(H,25,30). The molecular weight excluding hydrogens is 412 g/mol. The van der Waals surface area contributed by atoms with Crippen LogP contribution in [0, 0.1) is 0 Å². The van der Waals surface area contributed by atoms with Crippen LogP contribution in [-0.2, 0) is 6.54 Å². The first-order valence-electron chi connectivity index (χ1n) is 10.4. The van der Waals surface area contributed by atoms with Gasteiger partial charge in [0.25, 0.3) is 5.56 Å². The molecule has 0 radical (unpaired) electrons. The molecule has 2 aromatic heterocycles. The number of methoxy groups -OCH3 is 2. The Morgan fingerprint density at radius 2 is 1.91 bits per heavy atom. The molecule has 1 saturated heterocycles. The van der Waals surface area contributed by atoms with E-state index in [9.17, 15) is 9.59 Å². The molecule has 3 aromatic rings. The molecule has 32 heavy (non-hydrogen) atoms. The van der Waals surface area contributed by atoms with E-state index in [4.69, 9.17) is 9.47 Å². The van der Waals surface area contributed by atoms with E-state index in [0.29, 0.717) is 66.9 Å². The zero-order chi connectivity index (χ0) is 22.7. The Morgan fingerprint density at radius 1 is 1.12 bits per heavy atom. The fourth-order valence-electron chi connectivity index (χ4n) is 3.79. The van der Waals surface area contributed by atoms with Crippen molar-refractivity contribution < 1.29 is 14.3 Å². The molecule has 1 aliphatic heterocycles. The van der Waals surface area contributed by atoms with E-state index in [1.807, 2.05) is 17.9 Å². The number of carbonyl (C=O) groups is 1. The summed E-state index contributed by atoms with van der Waals surface area (Å²) in [6, 6.07) is 8.64. The van der Waals surface area contributed by atoms with Crippen molar-refractivity contribution in [1.29, 1.82) is 0 Å². The number of nitrogens with one attached hydrogen (secondary N) is 1. The van der Waals surface area contributed by atoms with Crippen molar-refractivity contribution in [3.8, 4) is 11.5 Å². The molecule has 1 aliphatic rings. The minimum Gasteiger partial charge on any atom is -0.497 e. The summed E-state index contributed by atoms with van der Waals surface area (Å²) in [6.07, 6.45) is 1.66. The summed E-state index contributed by atoms with van der Waals surface area (Å²) in [5, 5.41) is 2.89. The third kappa shape index (κ3) is 4.03. The quantitative estimate of drug-likeness (QED) is 0.651. The second kappa shape index (κ2) is 9.13. The van der Waals surface area contributed by atoms with E-state index in [1.165, 1.54) is 0 Å². The maximum absolute atomic E-state index is 13.0. The number of hydrogen-bond donors (Lipinski definition) is 1. The Bertz CT molecular complexity index is 1190. The molecule has 10 nitrogen and oxygen atoms in total. The van der Waals surface area contributed by atoms with Crippen LogP contribution < -0.4 is 25.2 Å². The Kier molecular flexibility index (Phi) is 6.11. The highest BCUT2D eigenvalue weighted by Gasteiger charge is 2.25. The molecule has 168 valence electrons. The van der Waals surface area contributed by atoms with Gasteiger partial charge in [-0.25, -0.2) is 14.8 Å². The van der Waals surface area contributed by atoms with Crippen LogP contribution in [-0.4, -0.2) is 65.9 Å². The number of aryl methyl sites for hydroxylation is 1. The molecule has 1 fully saturated rings. The predicted octanol–water partition coefficient (Wildman–Crippen LogP) is 2.18. The van der Waals surface area contributed by atoms with E-state index < -0.39 is 0 Å². The number of aromatic nitrogens is 3. The molecule has 3 heterocycles. The lowest BCUT2D eigenvalue weighted by atomic mass is 10.2. The van der Waals surface area contributed by atoms with Crippen LogP contribution in [0.4, 0.5) is 16.3 Å². The lowest BCUT2D eigenvalue weighted by Gasteiger charge is -2.35. The maximum Gasteiger partial charge on any atom is 0.322 e. The number of urea groups is 1. The lowest BCUT2D eigenvalue weighted by Crippen LogP contribution is -2.51. The number of nitrogens with zero attached hydrogens (tertiary/aromatic N) is 5. The number of pyridine rings is 1. The van der Waals surface area contributed by atoms with E-state index in [1.54, 1.807) is 54.1 Å². The van der Waals surface area contributed by atoms with Crippen molar-refractivity contribution in [2.45, 2.75) is 13.5 Å². The van der Waals surface area contributed by atoms with Crippen LogP contribution >= 0.6 is 0 Å². The van der Waals surface area contributed by atoms with Crippen molar-refractivity contribution in [2.75, 3.05) is 50.6 Å². The highest BCUT2D eigenvalue weighted by molar-refractivity contribution is 5.91. The van der Waals surface area contributed by atoms with Crippen molar-refractivity contribution in [3.05, 3.63) is 46.9 Å². The van der Waals surface area contributed by atoms with Gasteiger partial charge >= 0.3 is 6.03 Å². The topological polar surface area (TPSA) is 102 Å². The summed E-state index contributed by atoms with van der Waals surface area (Å²) in [6.45, 7) is 4.33. The molecule has 1 aromatic carbocycles. The summed E-state index contributed by atoms with van der Waals surface area (Å²) in [7, 11) is 3.11. The minimum absolute atomic E-state index is 0.169. The van der Waals surface area contributed by atoms with Crippen LogP contribution in [0.15, 0.2) is 41.3 Å². The number of carbonyl (C=O) groups excluding carboxylic acids is 1. The van der Waals surface area contributed by atoms with E-state index in [2.05, 4.69) is 15.3 Å². The van der Waals surface area contributed by atoms with Gasteiger partial charge in [0.2, 0.25) is 0 Å². The van der Waals surface area contributed by atoms with E-state index in [0.717, 1.165) is 0 Å². The van der Waals surface area contributed by atoms with Gasteiger partial charge in [-0.2, -0.15) is 0 Å². The van der Waals surface area contributed by atoms with Gasteiger partial charge in [-0.1, -0.05) is 0 Å². The average molecular weight is 438 g/mol. The number of amides is 2. The lowest BCUT2D eigenvalue weighted by molar-refractivity contribution is 0.208. The fraction of sp³-hybridized carbons (Fsp3) is 0.364. The van der Waals surface area contributed by atoms with Gasteiger partial charge in [-0.3, -0.25) is 9.36 Å². The van der Waals surface area contributed by atoms with Gasteiger partial charge in [0, 0.05) is 45.0 Å². The van der Waals surface area contributed by atoms with Gasteiger partial charge in [-0.15, -0.1) is 0 Å². The Balaban J connectivity index is 1.49. The Morgan fingerprint density at radius 3 is 2.59 bits per heavy atom. The summed E-state index contributed by atoms with van der Waals surface area (Å²) < 4.78 is 12.2. The monoisotopic (exact) mass is 438 g/mol. The first-order valence-corrected chi connectivity index (χ1v) is 10.4. The summed E-state index contributed by atoms with van der Waals surface area (Å²) in [5.41, 5.74) is 1.62. The van der Waals surface area contributed by atoms with Crippen LogP contribution in [0.25, 0.3) is 11.2 Å². The predicted molar refractivity (Wildman–Crippen MR) is 122 cm³/mol. The number of piperazine rings is 1. The molecule has 0 bridgehead atoms. The Hall–Kier alpha value is -3.82. The number of rotatable bonds is 5. The van der Waals surface area contributed by atoms with Crippen molar-refractivity contribution in [3.63, 3.8) is 0 Å². The largest absolute Gasteiger partial charge is 0.497 e. The van der Waals surface area contributed by atoms with Crippen molar-refractivity contribution in [2.24, 2.45) is 0 Å². The fourth-order valence-corrected chi connectivity index (χ4v) is 3.79. The molecule has 2 amide bonds. The van der Waals surface area contributed by atoms with Gasteiger partial charge < -0.3 is 24.6 Å². The third-order valence-electron chi connectivity index (χ3n) is 5.52. The molecule has 1 N–H and O–H groups in total. The smallest absolute Gasteiger partial charge is 0.322 e. The molecule has 4 rings (SSSR count). The first-order chi connectivity index (χ1) is 15.5. The second-order valence-electron chi connectivity index (χ2n) is 7.30. The Labute approximate surface area is 185 Å². The van der Waals surface area contributed by atoms with Crippen LogP contribution in [0.1, 0.15) is 6.92 Å². The number of hydrogen-bond acceptors (Lipinski definition) is 7. The number of anilines is 2. The summed E-state index contributed by atoms with van der Waals surface area (Å²) in [5.74, 6) is 1.56. The van der Waals surface area contributed by atoms with Gasteiger partial charge in [0.05, 0.1) is 19.9 Å². The molecular formula is C22H26N6O4.